The molecular weight excluding hydrogens is 320 g/mol. The van der Waals surface area contributed by atoms with Gasteiger partial charge in [0.15, 0.2) is 5.13 Å². The fourth-order valence-electron chi connectivity index (χ4n) is 3.04. The van der Waals surface area contributed by atoms with Gasteiger partial charge in [-0.15, -0.1) is 0 Å². The lowest BCUT2D eigenvalue weighted by Crippen LogP contribution is -2.46. The van der Waals surface area contributed by atoms with Crippen LogP contribution in [0.2, 0.25) is 0 Å². The van der Waals surface area contributed by atoms with Crippen LogP contribution in [-0.4, -0.2) is 40.6 Å². The lowest BCUT2D eigenvalue weighted by Gasteiger charge is -2.34. The van der Waals surface area contributed by atoms with E-state index in [-0.39, 0.29) is 5.56 Å². The minimum absolute atomic E-state index is 0.0561. The van der Waals surface area contributed by atoms with Crippen LogP contribution in [0.5, 0.6) is 0 Å². The maximum Gasteiger partial charge on any atom is 0.250 e. The number of benzene rings is 1. The van der Waals surface area contributed by atoms with Crippen molar-refractivity contribution in [3.63, 3.8) is 0 Å². The third kappa shape index (κ3) is 3.07. The van der Waals surface area contributed by atoms with Gasteiger partial charge in [0, 0.05) is 52.0 Å². The van der Waals surface area contributed by atoms with Crippen LogP contribution >= 0.6 is 11.3 Å². The summed E-state index contributed by atoms with van der Waals surface area (Å²) in [6, 6.07) is 12.1. The van der Waals surface area contributed by atoms with Gasteiger partial charge in [-0.05, 0) is 23.8 Å². The number of nitrogens with zero attached hydrogens (tertiary/aromatic N) is 4. The molecule has 0 unspecified atom stereocenters. The van der Waals surface area contributed by atoms with Gasteiger partial charge < -0.3 is 9.47 Å². The molecule has 3 aromatic rings. The second-order valence-corrected chi connectivity index (χ2v) is 7.22. The number of piperazine rings is 1. The fourth-order valence-corrected chi connectivity index (χ4v) is 4.06. The molecule has 0 spiro atoms. The van der Waals surface area contributed by atoms with Crippen LogP contribution in [0.3, 0.4) is 0 Å². The summed E-state index contributed by atoms with van der Waals surface area (Å²) in [6.45, 7) is 4.77. The molecule has 24 heavy (non-hydrogen) atoms. The molecule has 0 atom stereocenters. The van der Waals surface area contributed by atoms with Gasteiger partial charge in [0.2, 0.25) is 0 Å². The third-order valence-corrected chi connectivity index (χ3v) is 5.60. The maximum absolute atomic E-state index is 11.7. The lowest BCUT2D eigenvalue weighted by atomic mass is 10.2. The van der Waals surface area contributed by atoms with Crippen molar-refractivity contribution in [1.29, 1.82) is 0 Å². The second kappa shape index (κ2) is 6.37. The van der Waals surface area contributed by atoms with E-state index < -0.39 is 0 Å². The van der Waals surface area contributed by atoms with E-state index in [1.54, 1.807) is 29.0 Å². The largest absolute Gasteiger partial charge is 0.345 e. The van der Waals surface area contributed by atoms with Gasteiger partial charge in [-0.1, -0.05) is 23.5 Å². The fraction of sp³-hybridized carbons (Fsp3) is 0.333. The zero-order valence-electron chi connectivity index (χ0n) is 13.7. The minimum Gasteiger partial charge on any atom is -0.345 e. The van der Waals surface area contributed by atoms with Crippen LogP contribution in [0.25, 0.3) is 10.2 Å². The highest BCUT2D eigenvalue weighted by molar-refractivity contribution is 7.22. The highest BCUT2D eigenvalue weighted by Gasteiger charge is 2.20. The molecule has 1 saturated heterocycles. The minimum atomic E-state index is 0.0561. The predicted octanol–water partition coefficient (Wildman–Crippen LogP) is 2.32. The Bertz CT molecular complexity index is 876. The Kier molecular flexibility index (Phi) is 4.08. The summed E-state index contributed by atoms with van der Waals surface area (Å²) in [7, 11) is 1.78. The summed E-state index contributed by atoms with van der Waals surface area (Å²) < 4.78 is 2.85. The van der Waals surface area contributed by atoms with Crippen molar-refractivity contribution in [3.8, 4) is 0 Å². The number of para-hydroxylation sites is 1. The summed E-state index contributed by atoms with van der Waals surface area (Å²) in [5.41, 5.74) is 2.23. The molecular formula is C18H20N4OS. The van der Waals surface area contributed by atoms with E-state index in [2.05, 4.69) is 28.0 Å². The van der Waals surface area contributed by atoms with Gasteiger partial charge in [-0.3, -0.25) is 9.69 Å². The first-order valence-electron chi connectivity index (χ1n) is 8.17. The number of rotatable bonds is 3. The number of thiazole rings is 1. The Labute approximate surface area is 144 Å². The molecule has 3 heterocycles. The van der Waals surface area contributed by atoms with Crippen LogP contribution in [-0.2, 0) is 13.6 Å². The monoisotopic (exact) mass is 340 g/mol. The molecule has 1 fully saturated rings. The molecule has 0 amide bonds. The molecule has 0 bridgehead atoms. The summed E-state index contributed by atoms with van der Waals surface area (Å²) >= 11 is 1.76. The van der Waals surface area contributed by atoms with Gasteiger partial charge in [0.25, 0.3) is 5.56 Å². The van der Waals surface area contributed by atoms with Crippen LogP contribution in [0.15, 0.2) is 47.4 Å². The SMILES string of the molecule is Cn1ccc(CN2CCN(c3nc4ccccc4s3)CC2)cc1=O. The molecule has 0 N–H and O–H groups in total. The highest BCUT2D eigenvalue weighted by Crippen LogP contribution is 2.29. The zero-order valence-corrected chi connectivity index (χ0v) is 14.5. The van der Waals surface area contributed by atoms with Crippen LogP contribution in [0.1, 0.15) is 5.56 Å². The Hall–Kier alpha value is -2.18. The van der Waals surface area contributed by atoms with E-state index >= 15 is 0 Å². The second-order valence-electron chi connectivity index (χ2n) is 6.21. The number of anilines is 1. The standard InChI is InChI=1S/C18H20N4OS/c1-20-7-6-14(12-17(20)23)13-21-8-10-22(11-9-21)18-19-15-4-2-3-5-16(15)24-18/h2-7,12H,8-11,13H2,1H3. The normalized spacial score (nSPS) is 16.0. The summed E-state index contributed by atoms with van der Waals surface area (Å²) in [4.78, 5) is 21.2. The topological polar surface area (TPSA) is 41.4 Å². The number of fused-ring (bicyclic) bond motifs is 1. The molecule has 124 valence electrons. The first-order valence-corrected chi connectivity index (χ1v) is 8.99. The smallest absolute Gasteiger partial charge is 0.250 e. The molecule has 5 nitrogen and oxygen atoms in total. The van der Waals surface area contributed by atoms with Crippen LogP contribution in [0, 0.1) is 0 Å². The maximum atomic E-state index is 11.7. The van der Waals surface area contributed by atoms with E-state index in [1.807, 2.05) is 18.3 Å². The molecule has 4 rings (SSSR count). The molecule has 1 aliphatic rings. The Morgan fingerprint density at radius 3 is 2.67 bits per heavy atom. The van der Waals surface area contributed by atoms with Crippen LogP contribution in [0.4, 0.5) is 5.13 Å². The molecule has 0 aliphatic carbocycles. The lowest BCUT2D eigenvalue weighted by molar-refractivity contribution is 0.249. The average Bonchev–Trinajstić information content (AvgIpc) is 3.03. The van der Waals surface area contributed by atoms with Crippen LogP contribution < -0.4 is 10.5 Å². The Morgan fingerprint density at radius 2 is 1.92 bits per heavy atom. The van der Waals surface area contributed by atoms with Gasteiger partial charge in [0.05, 0.1) is 10.2 Å². The number of hydrogen-bond acceptors (Lipinski definition) is 5. The summed E-state index contributed by atoms with van der Waals surface area (Å²) in [5.74, 6) is 0. The summed E-state index contributed by atoms with van der Waals surface area (Å²) in [5, 5.41) is 1.12. The predicted molar refractivity (Wildman–Crippen MR) is 98.8 cm³/mol. The first kappa shape index (κ1) is 15.4. The van der Waals surface area contributed by atoms with E-state index in [0.717, 1.165) is 48.9 Å². The van der Waals surface area contributed by atoms with Gasteiger partial charge in [-0.2, -0.15) is 0 Å². The Morgan fingerprint density at radius 1 is 1.12 bits per heavy atom. The van der Waals surface area contributed by atoms with Crippen molar-refractivity contribution in [2.75, 3.05) is 31.1 Å². The molecule has 1 aromatic carbocycles. The van der Waals surface area contributed by atoms with E-state index in [1.165, 1.54) is 4.70 Å². The third-order valence-electron chi connectivity index (χ3n) is 4.50. The van der Waals surface area contributed by atoms with Crippen molar-refractivity contribution in [1.82, 2.24) is 14.5 Å². The number of pyridine rings is 1. The summed E-state index contributed by atoms with van der Waals surface area (Å²) in [6.07, 6.45) is 1.84. The van der Waals surface area contributed by atoms with Gasteiger partial charge in [-0.25, -0.2) is 4.98 Å². The molecule has 0 saturated carbocycles. The molecule has 6 heteroatoms. The Balaban J connectivity index is 1.41. The quantitative estimate of drug-likeness (QED) is 0.734. The number of hydrogen-bond donors (Lipinski definition) is 0. The number of aryl methyl sites for hydroxylation is 1. The molecule has 2 aromatic heterocycles. The molecule has 1 aliphatic heterocycles. The van der Waals surface area contributed by atoms with Crippen molar-refractivity contribution >= 4 is 26.7 Å². The molecule has 0 radical (unpaired) electrons. The van der Waals surface area contributed by atoms with Crippen molar-refractivity contribution < 1.29 is 0 Å². The zero-order chi connectivity index (χ0) is 16.5. The van der Waals surface area contributed by atoms with E-state index in [0.29, 0.717) is 0 Å². The van der Waals surface area contributed by atoms with E-state index in [9.17, 15) is 4.79 Å². The van der Waals surface area contributed by atoms with Crippen molar-refractivity contribution in [2.24, 2.45) is 7.05 Å². The van der Waals surface area contributed by atoms with Gasteiger partial charge >= 0.3 is 0 Å². The first-order chi connectivity index (χ1) is 11.7. The van der Waals surface area contributed by atoms with Crippen molar-refractivity contribution in [3.05, 3.63) is 58.5 Å². The van der Waals surface area contributed by atoms with E-state index in [4.69, 9.17) is 4.98 Å². The van der Waals surface area contributed by atoms with Crippen molar-refractivity contribution in [2.45, 2.75) is 6.54 Å². The van der Waals surface area contributed by atoms with Gasteiger partial charge in [0.1, 0.15) is 0 Å². The average molecular weight is 340 g/mol. The highest BCUT2D eigenvalue weighted by atomic mass is 32.1. The number of aromatic nitrogens is 2.